The van der Waals surface area contributed by atoms with Gasteiger partial charge in [-0.1, -0.05) is 42.8 Å². The molecule has 2 aliphatic rings. The van der Waals surface area contributed by atoms with E-state index in [0.717, 1.165) is 12.5 Å². The first kappa shape index (κ1) is 11.2. The van der Waals surface area contributed by atoms with E-state index in [-0.39, 0.29) is 0 Å². The van der Waals surface area contributed by atoms with E-state index in [1.165, 1.54) is 40.6 Å². The van der Waals surface area contributed by atoms with Gasteiger partial charge in [0.25, 0.3) is 0 Å². The van der Waals surface area contributed by atoms with Crippen molar-refractivity contribution in [2.75, 3.05) is 6.54 Å². The number of rotatable bonds is 0. The van der Waals surface area contributed by atoms with E-state index in [0.29, 0.717) is 5.92 Å². The van der Waals surface area contributed by atoms with Crippen molar-refractivity contribution in [2.24, 2.45) is 16.8 Å². The smallest absolute Gasteiger partial charge is 0.0652 e. The molecule has 96 valence electrons. The second-order valence-corrected chi connectivity index (χ2v) is 6.13. The van der Waals surface area contributed by atoms with E-state index in [1.54, 1.807) is 5.57 Å². The summed E-state index contributed by atoms with van der Waals surface area (Å²) in [7, 11) is 0. The van der Waals surface area contributed by atoms with Crippen molar-refractivity contribution < 1.29 is 0 Å². The van der Waals surface area contributed by atoms with Crippen LogP contribution in [0.15, 0.2) is 41.4 Å². The van der Waals surface area contributed by atoms with Gasteiger partial charge in [-0.05, 0) is 42.0 Å². The summed E-state index contributed by atoms with van der Waals surface area (Å²) in [6.07, 6.45) is 3.95. The first-order chi connectivity index (χ1) is 9.33. The van der Waals surface area contributed by atoms with Gasteiger partial charge < -0.3 is 0 Å². The number of fused-ring (bicyclic) bond motifs is 4. The van der Waals surface area contributed by atoms with Gasteiger partial charge in [0.2, 0.25) is 0 Å². The Labute approximate surface area is 113 Å². The molecule has 1 nitrogen and oxygen atoms in total. The molecule has 1 heterocycles. The third-order valence-electron chi connectivity index (χ3n) is 4.78. The maximum atomic E-state index is 4.83. The van der Waals surface area contributed by atoms with Crippen molar-refractivity contribution in [3.8, 4) is 0 Å². The summed E-state index contributed by atoms with van der Waals surface area (Å²) >= 11 is 0. The second kappa shape index (κ2) is 4.19. The zero-order chi connectivity index (χ0) is 12.8. The van der Waals surface area contributed by atoms with Gasteiger partial charge in [-0.3, -0.25) is 4.99 Å². The van der Waals surface area contributed by atoms with Gasteiger partial charge >= 0.3 is 0 Å². The van der Waals surface area contributed by atoms with E-state index in [2.05, 4.69) is 43.3 Å². The van der Waals surface area contributed by atoms with Crippen LogP contribution in [0.1, 0.15) is 26.2 Å². The molecule has 2 aromatic carbocycles. The van der Waals surface area contributed by atoms with E-state index < -0.39 is 0 Å². The Kier molecular flexibility index (Phi) is 2.48. The SMILES string of the molecule is CC1CCC2CN=c3ccc4ccccc4c3=C2C1. The molecular formula is C18H19N. The molecule has 2 unspecified atom stereocenters. The van der Waals surface area contributed by atoms with Crippen LogP contribution in [0.2, 0.25) is 0 Å². The lowest BCUT2D eigenvalue weighted by Gasteiger charge is -2.30. The quantitative estimate of drug-likeness (QED) is 0.680. The fourth-order valence-electron chi connectivity index (χ4n) is 3.75. The molecule has 4 rings (SSSR count). The molecule has 1 fully saturated rings. The molecule has 1 aliphatic carbocycles. The van der Waals surface area contributed by atoms with E-state index >= 15 is 0 Å². The highest BCUT2D eigenvalue weighted by Crippen LogP contribution is 2.34. The largest absolute Gasteiger partial charge is 0.284 e. The minimum atomic E-state index is 0.703. The standard InChI is InChI=1S/C18H19N/c1-12-6-7-14-11-19-17-9-8-13-4-2-3-5-15(13)18(17)16(14)10-12/h2-5,8-9,12,14H,6-7,10-11H2,1H3. The number of nitrogens with zero attached hydrogens (tertiary/aromatic N) is 1. The highest BCUT2D eigenvalue weighted by molar-refractivity contribution is 5.85. The van der Waals surface area contributed by atoms with Crippen LogP contribution in [0.5, 0.6) is 0 Å². The van der Waals surface area contributed by atoms with Crippen molar-refractivity contribution in [1.29, 1.82) is 0 Å². The molecule has 0 aromatic heterocycles. The minimum absolute atomic E-state index is 0.703. The number of benzene rings is 2. The lowest BCUT2D eigenvalue weighted by molar-refractivity contribution is 0.408. The average molecular weight is 249 g/mol. The molecule has 1 saturated carbocycles. The summed E-state index contributed by atoms with van der Waals surface area (Å²) in [6.45, 7) is 3.40. The van der Waals surface area contributed by atoms with E-state index in [9.17, 15) is 0 Å². The Morgan fingerprint density at radius 2 is 1.95 bits per heavy atom. The summed E-state index contributed by atoms with van der Waals surface area (Å²) in [6, 6.07) is 13.2. The number of hydrogen-bond acceptors (Lipinski definition) is 1. The summed E-state index contributed by atoms with van der Waals surface area (Å²) in [5, 5.41) is 5.43. The molecule has 2 atom stereocenters. The van der Waals surface area contributed by atoms with Crippen LogP contribution in [-0.2, 0) is 0 Å². The first-order valence-corrected chi connectivity index (χ1v) is 7.38. The molecule has 0 radical (unpaired) electrons. The lowest BCUT2D eigenvalue weighted by Crippen LogP contribution is -2.37. The van der Waals surface area contributed by atoms with Gasteiger partial charge in [0, 0.05) is 17.7 Å². The van der Waals surface area contributed by atoms with Crippen molar-refractivity contribution in [1.82, 2.24) is 0 Å². The van der Waals surface area contributed by atoms with Crippen molar-refractivity contribution in [3.05, 3.63) is 47.0 Å². The molecular weight excluding hydrogens is 230 g/mol. The summed E-state index contributed by atoms with van der Waals surface area (Å²) in [4.78, 5) is 4.83. The van der Waals surface area contributed by atoms with Gasteiger partial charge in [-0.25, -0.2) is 0 Å². The lowest BCUT2D eigenvalue weighted by atomic mass is 9.76. The van der Waals surface area contributed by atoms with Gasteiger partial charge in [-0.15, -0.1) is 0 Å². The van der Waals surface area contributed by atoms with E-state index in [1.807, 2.05) is 0 Å². The third-order valence-corrected chi connectivity index (χ3v) is 4.78. The van der Waals surface area contributed by atoms with Crippen LogP contribution in [0, 0.1) is 11.8 Å². The molecule has 1 aliphatic heterocycles. The Balaban J connectivity index is 2.14. The molecule has 19 heavy (non-hydrogen) atoms. The highest BCUT2D eigenvalue weighted by atomic mass is 14.7. The maximum Gasteiger partial charge on any atom is 0.0652 e. The molecule has 0 N–H and O–H groups in total. The van der Waals surface area contributed by atoms with Crippen LogP contribution >= 0.6 is 0 Å². The van der Waals surface area contributed by atoms with Gasteiger partial charge in [0.05, 0.1) is 5.36 Å². The van der Waals surface area contributed by atoms with Crippen LogP contribution in [0.25, 0.3) is 16.3 Å². The molecule has 0 spiro atoms. The van der Waals surface area contributed by atoms with Crippen LogP contribution in [0.3, 0.4) is 0 Å². The van der Waals surface area contributed by atoms with Crippen molar-refractivity contribution >= 4 is 16.3 Å². The van der Waals surface area contributed by atoms with Crippen LogP contribution in [0.4, 0.5) is 0 Å². The molecule has 2 aromatic rings. The Morgan fingerprint density at radius 1 is 1.05 bits per heavy atom. The molecule has 0 bridgehead atoms. The normalized spacial score (nSPS) is 25.6. The van der Waals surface area contributed by atoms with Crippen LogP contribution < -0.4 is 10.6 Å². The number of hydrogen-bond donors (Lipinski definition) is 0. The average Bonchev–Trinajstić information content (AvgIpc) is 2.46. The molecule has 1 heteroatoms. The second-order valence-electron chi connectivity index (χ2n) is 6.13. The summed E-state index contributed by atoms with van der Waals surface area (Å²) in [5.74, 6) is 1.53. The fourth-order valence-corrected chi connectivity index (χ4v) is 3.75. The Morgan fingerprint density at radius 3 is 2.89 bits per heavy atom. The predicted octanol–water partition coefficient (Wildman–Crippen LogP) is 3.06. The zero-order valence-electron chi connectivity index (χ0n) is 11.4. The van der Waals surface area contributed by atoms with Gasteiger partial charge in [-0.2, -0.15) is 0 Å². The van der Waals surface area contributed by atoms with Crippen LogP contribution in [-0.4, -0.2) is 6.54 Å². The maximum absolute atomic E-state index is 4.83. The monoisotopic (exact) mass is 249 g/mol. The Bertz CT molecular complexity index is 757. The fraction of sp³-hybridized carbons (Fsp3) is 0.389. The van der Waals surface area contributed by atoms with Gasteiger partial charge in [0.1, 0.15) is 0 Å². The van der Waals surface area contributed by atoms with E-state index in [4.69, 9.17) is 4.99 Å². The van der Waals surface area contributed by atoms with Crippen molar-refractivity contribution in [3.63, 3.8) is 0 Å². The highest BCUT2D eigenvalue weighted by Gasteiger charge is 2.26. The first-order valence-electron chi connectivity index (χ1n) is 7.38. The third kappa shape index (κ3) is 1.72. The molecule has 0 amide bonds. The summed E-state index contributed by atoms with van der Waals surface area (Å²) < 4.78 is 0. The Hall–Kier alpha value is -1.63. The van der Waals surface area contributed by atoms with Gasteiger partial charge in [0.15, 0.2) is 0 Å². The topological polar surface area (TPSA) is 12.4 Å². The molecule has 0 saturated heterocycles. The predicted molar refractivity (Wildman–Crippen MR) is 79.5 cm³/mol. The summed E-state index contributed by atoms with van der Waals surface area (Å²) in [5.41, 5.74) is 1.68. The van der Waals surface area contributed by atoms with Crippen molar-refractivity contribution in [2.45, 2.75) is 26.2 Å². The zero-order valence-corrected chi connectivity index (χ0v) is 11.4. The minimum Gasteiger partial charge on any atom is -0.284 e.